The first kappa shape index (κ1) is 9.10. The molecule has 1 fully saturated rings. The molecule has 3 nitrogen and oxygen atoms in total. The summed E-state index contributed by atoms with van der Waals surface area (Å²) in [7, 11) is 0. The Balaban J connectivity index is 2.07. The quantitative estimate of drug-likeness (QED) is 0.480. The third-order valence-corrected chi connectivity index (χ3v) is 1.86. The average Bonchev–Trinajstić information content (AvgIpc) is 2.49. The lowest BCUT2D eigenvalue weighted by atomic mass is 10.3. The van der Waals surface area contributed by atoms with Gasteiger partial charge in [-0.25, -0.2) is 0 Å². The second-order valence-electron chi connectivity index (χ2n) is 2.92. The summed E-state index contributed by atoms with van der Waals surface area (Å²) in [5.74, 6) is -0.318. The summed E-state index contributed by atoms with van der Waals surface area (Å²) >= 11 is 0. The van der Waals surface area contributed by atoms with Gasteiger partial charge < -0.3 is 9.47 Å². The molecule has 0 bridgehead atoms. The number of carbonyl (C=O) groups is 1. The molecule has 0 radical (unpaired) electrons. The SMILES string of the molecule is CC(=O)O/C=C/OC1CCCC1. The summed E-state index contributed by atoms with van der Waals surface area (Å²) in [4.78, 5) is 10.3. The van der Waals surface area contributed by atoms with E-state index in [0.717, 1.165) is 12.8 Å². The zero-order valence-electron chi connectivity index (χ0n) is 7.29. The van der Waals surface area contributed by atoms with Crippen molar-refractivity contribution in [2.24, 2.45) is 0 Å². The summed E-state index contributed by atoms with van der Waals surface area (Å²) < 4.78 is 9.85. The van der Waals surface area contributed by atoms with Crippen molar-refractivity contribution in [1.82, 2.24) is 0 Å². The summed E-state index contributed by atoms with van der Waals surface area (Å²) in [6, 6.07) is 0. The van der Waals surface area contributed by atoms with Crippen LogP contribution in [0, 0.1) is 0 Å². The topological polar surface area (TPSA) is 35.5 Å². The average molecular weight is 170 g/mol. The van der Waals surface area contributed by atoms with Gasteiger partial charge in [0.25, 0.3) is 0 Å². The number of rotatable bonds is 3. The molecular weight excluding hydrogens is 156 g/mol. The van der Waals surface area contributed by atoms with Crippen LogP contribution in [0.3, 0.4) is 0 Å². The Morgan fingerprint density at radius 2 is 2.00 bits per heavy atom. The molecular formula is C9H14O3. The Hall–Kier alpha value is -0.990. The minimum Gasteiger partial charge on any atom is -0.495 e. The molecule has 0 saturated heterocycles. The van der Waals surface area contributed by atoms with Gasteiger partial charge >= 0.3 is 5.97 Å². The van der Waals surface area contributed by atoms with Gasteiger partial charge in [-0.15, -0.1) is 0 Å². The van der Waals surface area contributed by atoms with E-state index in [4.69, 9.17) is 4.74 Å². The largest absolute Gasteiger partial charge is 0.495 e. The molecule has 0 aromatic rings. The van der Waals surface area contributed by atoms with Crippen LogP contribution in [-0.4, -0.2) is 12.1 Å². The van der Waals surface area contributed by atoms with Crippen LogP contribution in [0.15, 0.2) is 12.5 Å². The van der Waals surface area contributed by atoms with Gasteiger partial charge in [0.2, 0.25) is 0 Å². The van der Waals surface area contributed by atoms with Crippen molar-refractivity contribution in [3.8, 4) is 0 Å². The molecule has 1 saturated carbocycles. The fourth-order valence-corrected chi connectivity index (χ4v) is 1.29. The molecule has 68 valence electrons. The fourth-order valence-electron chi connectivity index (χ4n) is 1.29. The van der Waals surface area contributed by atoms with Crippen molar-refractivity contribution in [2.45, 2.75) is 38.7 Å². The first-order chi connectivity index (χ1) is 5.79. The van der Waals surface area contributed by atoms with Crippen molar-refractivity contribution in [2.75, 3.05) is 0 Å². The van der Waals surface area contributed by atoms with E-state index < -0.39 is 0 Å². The third-order valence-electron chi connectivity index (χ3n) is 1.86. The summed E-state index contributed by atoms with van der Waals surface area (Å²) in [6.07, 6.45) is 7.79. The molecule has 1 aliphatic rings. The lowest BCUT2D eigenvalue weighted by Gasteiger charge is -2.06. The van der Waals surface area contributed by atoms with Crippen LogP contribution in [-0.2, 0) is 14.3 Å². The molecule has 0 unspecified atom stereocenters. The first-order valence-electron chi connectivity index (χ1n) is 4.27. The van der Waals surface area contributed by atoms with Gasteiger partial charge in [0.1, 0.15) is 12.5 Å². The smallest absolute Gasteiger partial charge is 0.307 e. The predicted octanol–water partition coefficient (Wildman–Crippen LogP) is 1.98. The van der Waals surface area contributed by atoms with E-state index in [1.54, 1.807) is 0 Å². The van der Waals surface area contributed by atoms with Crippen LogP contribution in [0.1, 0.15) is 32.6 Å². The van der Waals surface area contributed by atoms with Crippen LogP contribution in [0.2, 0.25) is 0 Å². The maximum atomic E-state index is 10.3. The van der Waals surface area contributed by atoms with Crippen LogP contribution in [0.5, 0.6) is 0 Å². The van der Waals surface area contributed by atoms with Crippen molar-refractivity contribution in [3.63, 3.8) is 0 Å². The Bertz CT molecular complexity index is 169. The van der Waals surface area contributed by atoms with Crippen molar-refractivity contribution in [3.05, 3.63) is 12.5 Å². The molecule has 0 aromatic heterocycles. The number of esters is 1. The Morgan fingerprint density at radius 1 is 1.33 bits per heavy atom. The van der Waals surface area contributed by atoms with Gasteiger partial charge in [0.05, 0.1) is 6.10 Å². The van der Waals surface area contributed by atoms with Crippen LogP contribution in [0.25, 0.3) is 0 Å². The number of carbonyl (C=O) groups excluding carboxylic acids is 1. The zero-order valence-corrected chi connectivity index (χ0v) is 7.29. The lowest BCUT2D eigenvalue weighted by Crippen LogP contribution is -2.02. The van der Waals surface area contributed by atoms with Gasteiger partial charge in [-0.1, -0.05) is 0 Å². The van der Waals surface area contributed by atoms with Crippen molar-refractivity contribution in [1.29, 1.82) is 0 Å². The molecule has 0 N–H and O–H groups in total. The molecule has 0 spiro atoms. The highest BCUT2D eigenvalue weighted by molar-refractivity contribution is 5.66. The molecule has 0 aliphatic heterocycles. The van der Waals surface area contributed by atoms with Crippen molar-refractivity contribution >= 4 is 5.97 Å². The summed E-state index contributed by atoms with van der Waals surface area (Å²) in [5, 5.41) is 0. The van der Waals surface area contributed by atoms with E-state index in [1.165, 1.54) is 32.3 Å². The molecule has 1 aliphatic carbocycles. The highest BCUT2D eigenvalue weighted by Gasteiger charge is 2.14. The van der Waals surface area contributed by atoms with Crippen LogP contribution >= 0.6 is 0 Å². The minimum absolute atomic E-state index is 0.318. The number of hydrogen-bond acceptors (Lipinski definition) is 3. The Kier molecular flexibility index (Phi) is 3.64. The maximum Gasteiger partial charge on any atom is 0.307 e. The van der Waals surface area contributed by atoms with E-state index in [-0.39, 0.29) is 5.97 Å². The molecule has 12 heavy (non-hydrogen) atoms. The highest BCUT2D eigenvalue weighted by atomic mass is 16.5. The van der Waals surface area contributed by atoms with Gasteiger partial charge in [-0.2, -0.15) is 0 Å². The van der Waals surface area contributed by atoms with E-state index >= 15 is 0 Å². The summed E-state index contributed by atoms with van der Waals surface area (Å²) in [5.41, 5.74) is 0. The zero-order chi connectivity index (χ0) is 8.81. The van der Waals surface area contributed by atoms with E-state index in [9.17, 15) is 4.79 Å². The maximum absolute atomic E-state index is 10.3. The van der Waals surface area contributed by atoms with Gasteiger partial charge in [-0.05, 0) is 25.7 Å². The highest BCUT2D eigenvalue weighted by Crippen LogP contribution is 2.20. The Labute approximate surface area is 72.4 Å². The number of ether oxygens (including phenoxy) is 2. The van der Waals surface area contributed by atoms with Gasteiger partial charge in [-0.3, -0.25) is 4.79 Å². The fraction of sp³-hybridized carbons (Fsp3) is 0.667. The monoisotopic (exact) mass is 170 g/mol. The predicted molar refractivity (Wildman–Crippen MR) is 44.2 cm³/mol. The molecule has 0 aromatic carbocycles. The van der Waals surface area contributed by atoms with Crippen LogP contribution in [0.4, 0.5) is 0 Å². The van der Waals surface area contributed by atoms with E-state index in [0.29, 0.717) is 6.10 Å². The second kappa shape index (κ2) is 4.80. The lowest BCUT2D eigenvalue weighted by molar-refractivity contribution is -0.135. The summed E-state index contributed by atoms with van der Waals surface area (Å²) in [6.45, 7) is 1.36. The standard InChI is InChI=1S/C9H14O3/c1-8(10)11-6-7-12-9-4-2-3-5-9/h6-7,9H,2-5H2,1H3/b7-6+. The molecule has 0 heterocycles. The molecule has 0 atom stereocenters. The van der Waals surface area contributed by atoms with Gasteiger partial charge in [0.15, 0.2) is 0 Å². The van der Waals surface area contributed by atoms with Gasteiger partial charge in [0, 0.05) is 6.92 Å². The van der Waals surface area contributed by atoms with E-state index in [1.807, 2.05) is 0 Å². The molecule has 3 heteroatoms. The third kappa shape index (κ3) is 3.42. The Morgan fingerprint density at radius 3 is 2.58 bits per heavy atom. The van der Waals surface area contributed by atoms with Crippen LogP contribution < -0.4 is 0 Å². The first-order valence-corrected chi connectivity index (χ1v) is 4.27. The molecule has 0 amide bonds. The normalized spacial score (nSPS) is 18.4. The van der Waals surface area contributed by atoms with Crippen molar-refractivity contribution < 1.29 is 14.3 Å². The molecule has 1 rings (SSSR count). The van der Waals surface area contributed by atoms with E-state index in [2.05, 4.69) is 4.74 Å². The second-order valence-corrected chi connectivity index (χ2v) is 2.92. The minimum atomic E-state index is -0.318. The number of hydrogen-bond donors (Lipinski definition) is 0.